The summed E-state index contributed by atoms with van der Waals surface area (Å²) in [5.74, 6) is 1.01. The molecule has 1 aromatic carbocycles. The van der Waals surface area contributed by atoms with Gasteiger partial charge in [0.15, 0.2) is 0 Å². The van der Waals surface area contributed by atoms with Gasteiger partial charge in [-0.05, 0) is 38.1 Å². The van der Waals surface area contributed by atoms with E-state index >= 15 is 0 Å². The summed E-state index contributed by atoms with van der Waals surface area (Å²) in [5.41, 5.74) is 0. The van der Waals surface area contributed by atoms with Crippen molar-refractivity contribution < 1.29 is 9.84 Å². The molecule has 0 amide bonds. The van der Waals surface area contributed by atoms with Crippen LogP contribution in [-0.4, -0.2) is 36.2 Å². The van der Waals surface area contributed by atoms with Gasteiger partial charge in [0.1, 0.15) is 18.1 Å². The van der Waals surface area contributed by atoms with Gasteiger partial charge in [0.25, 0.3) is 0 Å². The van der Waals surface area contributed by atoms with Crippen molar-refractivity contribution in [2.45, 2.75) is 19.3 Å². The number of hydrogen-bond donors (Lipinski definition) is 1. The quantitative estimate of drug-likeness (QED) is 0.846. The SMILES string of the molecule is Oc1cccc(OCCN2CCCCC2)c1. The van der Waals surface area contributed by atoms with E-state index in [9.17, 15) is 5.11 Å². The molecule has 0 saturated carbocycles. The Balaban J connectivity index is 1.71. The molecule has 0 spiro atoms. The van der Waals surface area contributed by atoms with Gasteiger partial charge in [-0.25, -0.2) is 0 Å². The number of likely N-dealkylation sites (tertiary alicyclic amines) is 1. The molecule has 1 aliphatic rings. The van der Waals surface area contributed by atoms with Crippen LogP contribution in [0.25, 0.3) is 0 Å². The second-order valence-electron chi connectivity index (χ2n) is 4.25. The molecule has 16 heavy (non-hydrogen) atoms. The highest BCUT2D eigenvalue weighted by Gasteiger charge is 2.09. The zero-order valence-electron chi connectivity index (χ0n) is 9.56. The van der Waals surface area contributed by atoms with Crippen molar-refractivity contribution in [3.8, 4) is 11.5 Å². The summed E-state index contributed by atoms with van der Waals surface area (Å²) < 4.78 is 5.59. The number of aromatic hydroxyl groups is 1. The Bertz CT molecular complexity index is 321. The largest absolute Gasteiger partial charge is 0.508 e. The lowest BCUT2D eigenvalue weighted by atomic mass is 10.1. The van der Waals surface area contributed by atoms with Gasteiger partial charge in [0.05, 0.1) is 0 Å². The van der Waals surface area contributed by atoms with E-state index in [0.717, 1.165) is 12.3 Å². The molecule has 1 aliphatic heterocycles. The van der Waals surface area contributed by atoms with Gasteiger partial charge in [-0.1, -0.05) is 12.5 Å². The van der Waals surface area contributed by atoms with E-state index in [2.05, 4.69) is 4.90 Å². The fraction of sp³-hybridized carbons (Fsp3) is 0.538. The van der Waals surface area contributed by atoms with Crippen LogP contribution in [0.3, 0.4) is 0 Å². The lowest BCUT2D eigenvalue weighted by Crippen LogP contribution is -2.33. The van der Waals surface area contributed by atoms with Gasteiger partial charge in [-0.15, -0.1) is 0 Å². The highest BCUT2D eigenvalue weighted by atomic mass is 16.5. The van der Waals surface area contributed by atoms with E-state index in [1.165, 1.54) is 32.4 Å². The third kappa shape index (κ3) is 3.42. The smallest absolute Gasteiger partial charge is 0.123 e. The molecule has 0 aromatic heterocycles. The van der Waals surface area contributed by atoms with Crippen LogP contribution in [0.4, 0.5) is 0 Å². The lowest BCUT2D eigenvalue weighted by molar-refractivity contribution is 0.183. The molecule has 1 saturated heterocycles. The van der Waals surface area contributed by atoms with E-state index in [4.69, 9.17) is 4.74 Å². The molecule has 88 valence electrons. The average Bonchev–Trinajstić information content (AvgIpc) is 2.30. The first-order valence-corrected chi connectivity index (χ1v) is 5.99. The lowest BCUT2D eigenvalue weighted by Gasteiger charge is -2.26. The second-order valence-corrected chi connectivity index (χ2v) is 4.25. The van der Waals surface area contributed by atoms with Gasteiger partial charge in [-0.2, -0.15) is 0 Å². The number of phenols is 1. The molecule has 3 heteroatoms. The summed E-state index contributed by atoms with van der Waals surface area (Å²) in [4.78, 5) is 2.44. The van der Waals surface area contributed by atoms with Crippen molar-refractivity contribution in [3.05, 3.63) is 24.3 Å². The fourth-order valence-electron chi connectivity index (χ4n) is 2.05. The van der Waals surface area contributed by atoms with Crippen LogP contribution in [0.1, 0.15) is 19.3 Å². The molecule has 1 aromatic rings. The third-order valence-corrected chi connectivity index (χ3v) is 2.94. The minimum atomic E-state index is 0.260. The zero-order valence-corrected chi connectivity index (χ0v) is 9.56. The number of hydrogen-bond acceptors (Lipinski definition) is 3. The van der Waals surface area contributed by atoms with E-state index in [1.54, 1.807) is 18.2 Å². The molecule has 3 nitrogen and oxygen atoms in total. The summed E-state index contributed by atoms with van der Waals surface area (Å²) in [7, 11) is 0. The summed E-state index contributed by atoms with van der Waals surface area (Å²) in [6, 6.07) is 6.97. The van der Waals surface area contributed by atoms with E-state index in [-0.39, 0.29) is 5.75 Å². The first-order chi connectivity index (χ1) is 7.84. The number of phenolic OH excluding ortho intramolecular Hbond substituents is 1. The molecular weight excluding hydrogens is 202 g/mol. The van der Waals surface area contributed by atoms with Crippen LogP contribution in [0.15, 0.2) is 24.3 Å². The molecule has 0 radical (unpaired) electrons. The number of piperidine rings is 1. The molecule has 1 N–H and O–H groups in total. The first kappa shape index (κ1) is 11.3. The highest BCUT2D eigenvalue weighted by Crippen LogP contribution is 2.17. The summed E-state index contributed by atoms with van der Waals surface area (Å²) in [5, 5.41) is 9.27. The maximum absolute atomic E-state index is 9.27. The molecule has 0 aliphatic carbocycles. The van der Waals surface area contributed by atoms with Gasteiger partial charge < -0.3 is 9.84 Å². The van der Waals surface area contributed by atoms with Crippen molar-refractivity contribution >= 4 is 0 Å². The molecule has 0 atom stereocenters. The third-order valence-electron chi connectivity index (χ3n) is 2.94. The number of rotatable bonds is 4. The van der Waals surface area contributed by atoms with E-state index < -0.39 is 0 Å². The van der Waals surface area contributed by atoms with E-state index in [0.29, 0.717) is 6.61 Å². The topological polar surface area (TPSA) is 32.7 Å². The Hall–Kier alpha value is -1.22. The van der Waals surface area contributed by atoms with E-state index in [1.807, 2.05) is 6.07 Å². The Kier molecular flexibility index (Phi) is 4.05. The van der Waals surface area contributed by atoms with Crippen molar-refractivity contribution in [2.24, 2.45) is 0 Å². The summed E-state index contributed by atoms with van der Waals surface area (Å²) in [6.45, 7) is 4.08. The Morgan fingerprint density at radius 2 is 2.00 bits per heavy atom. The minimum Gasteiger partial charge on any atom is -0.508 e. The predicted octanol–water partition coefficient (Wildman–Crippen LogP) is 2.26. The molecule has 1 fully saturated rings. The second kappa shape index (κ2) is 5.75. The highest BCUT2D eigenvalue weighted by molar-refractivity contribution is 5.31. The number of nitrogens with zero attached hydrogens (tertiary/aromatic N) is 1. The standard InChI is InChI=1S/C13H19NO2/c15-12-5-4-6-13(11-12)16-10-9-14-7-2-1-3-8-14/h4-6,11,15H,1-3,7-10H2. The van der Waals surface area contributed by atoms with Crippen LogP contribution in [0.5, 0.6) is 11.5 Å². The Morgan fingerprint density at radius 3 is 2.75 bits per heavy atom. The maximum Gasteiger partial charge on any atom is 0.123 e. The van der Waals surface area contributed by atoms with Gasteiger partial charge in [-0.3, -0.25) is 4.90 Å². The molecule has 2 rings (SSSR count). The summed E-state index contributed by atoms with van der Waals surface area (Å²) in [6.07, 6.45) is 3.99. The monoisotopic (exact) mass is 221 g/mol. The van der Waals surface area contributed by atoms with Gasteiger partial charge in [0, 0.05) is 12.6 Å². The van der Waals surface area contributed by atoms with Crippen LogP contribution in [0, 0.1) is 0 Å². The molecule has 0 bridgehead atoms. The van der Waals surface area contributed by atoms with Crippen LogP contribution in [0.2, 0.25) is 0 Å². The van der Waals surface area contributed by atoms with Crippen LogP contribution < -0.4 is 4.74 Å². The normalized spacial score (nSPS) is 17.2. The Labute approximate surface area is 96.6 Å². The molecule has 1 heterocycles. The predicted molar refractivity (Wildman–Crippen MR) is 63.9 cm³/mol. The summed E-state index contributed by atoms with van der Waals surface area (Å²) >= 11 is 0. The number of benzene rings is 1. The van der Waals surface area contributed by atoms with Crippen molar-refractivity contribution in [1.82, 2.24) is 4.90 Å². The van der Waals surface area contributed by atoms with Gasteiger partial charge >= 0.3 is 0 Å². The minimum absolute atomic E-state index is 0.260. The van der Waals surface area contributed by atoms with Crippen molar-refractivity contribution in [1.29, 1.82) is 0 Å². The van der Waals surface area contributed by atoms with Crippen LogP contribution in [-0.2, 0) is 0 Å². The Morgan fingerprint density at radius 1 is 1.19 bits per heavy atom. The first-order valence-electron chi connectivity index (χ1n) is 5.99. The average molecular weight is 221 g/mol. The van der Waals surface area contributed by atoms with Crippen molar-refractivity contribution in [2.75, 3.05) is 26.2 Å². The van der Waals surface area contributed by atoms with Gasteiger partial charge in [0.2, 0.25) is 0 Å². The van der Waals surface area contributed by atoms with Crippen LogP contribution >= 0.6 is 0 Å². The maximum atomic E-state index is 9.27. The number of ether oxygens (including phenoxy) is 1. The molecule has 0 unspecified atom stereocenters. The zero-order chi connectivity index (χ0) is 11.2. The molecular formula is C13H19NO2. The fourth-order valence-corrected chi connectivity index (χ4v) is 2.05. The van der Waals surface area contributed by atoms with Crippen molar-refractivity contribution in [3.63, 3.8) is 0 Å².